The predicted octanol–water partition coefficient (Wildman–Crippen LogP) is 4.56. The lowest BCUT2D eigenvalue weighted by Crippen LogP contribution is -2.27. The zero-order valence-electron chi connectivity index (χ0n) is 11.8. The van der Waals surface area contributed by atoms with Crippen molar-refractivity contribution < 1.29 is 0 Å². The number of nitrogens with one attached hydrogen (secondary N) is 1. The average molecular weight is 314 g/mol. The first-order chi connectivity index (χ1) is 10.4. The molecule has 4 heteroatoms. The summed E-state index contributed by atoms with van der Waals surface area (Å²) in [5.41, 5.74) is 2.88. The van der Waals surface area contributed by atoms with Crippen molar-refractivity contribution in [3.63, 3.8) is 0 Å². The van der Waals surface area contributed by atoms with Crippen molar-refractivity contribution in [2.75, 3.05) is 6.54 Å². The average Bonchev–Trinajstić information content (AvgIpc) is 3.17. The highest BCUT2D eigenvalue weighted by molar-refractivity contribution is 8.14. The molecule has 2 atom stereocenters. The van der Waals surface area contributed by atoms with Crippen LogP contribution < -0.4 is 5.32 Å². The van der Waals surface area contributed by atoms with Gasteiger partial charge in [-0.05, 0) is 41.8 Å². The number of thioether (sulfide) groups is 1. The highest BCUT2D eigenvalue weighted by Gasteiger charge is 2.26. The van der Waals surface area contributed by atoms with Gasteiger partial charge in [-0.15, -0.1) is 11.3 Å². The molecule has 2 unspecified atom stereocenters. The van der Waals surface area contributed by atoms with E-state index in [2.05, 4.69) is 47.1 Å². The Hall–Kier alpha value is -1.26. The molecule has 0 saturated heterocycles. The molecular weight excluding hydrogens is 296 g/mol. The van der Waals surface area contributed by atoms with Crippen molar-refractivity contribution in [1.82, 2.24) is 5.32 Å². The van der Waals surface area contributed by atoms with Gasteiger partial charge in [-0.1, -0.05) is 42.1 Å². The van der Waals surface area contributed by atoms with E-state index < -0.39 is 0 Å². The smallest absolute Gasteiger partial charge is 0.157 e. The zero-order chi connectivity index (χ0) is 14.1. The summed E-state index contributed by atoms with van der Waals surface area (Å²) < 4.78 is 0. The molecular formula is C17H18N2S2. The third-order valence-electron chi connectivity index (χ3n) is 4.18. The fourth-order valence-electron chi connectivity index (χ4n) is 3.08. The molecule has 1 aromatic heterocycles. The van der Waals surface area contributed by atoms with Crippen molar-refractivity contribution in [1.29, 1.82) is 0 Å². The number of hydrogen-bond donors (Lipinski definition) is 1. The third kappa shape index (κ3) is 2.74. The minimum atomic E-state index is 0.459. The topological polar surface area (TPSA) is 24.4 Å². The third-order valence-corrected chi connectivity index (χ3v) is 6.35. The molecule has 2 heterocycles. The van der Waals surface area contributed by atoms with Crippen LogP contribution in [0.25, 0.3) is 0 Å². The molecule has 2 nitrogen and oxygen atoms in total. The van der Waals surface area contributed by atoms with E-state index >= 15 is 0 Å². The van der Waals surface area contributed by atoms with Gasteiger partial charge in [-0.2, -0.15) is 0 Å². The minimum Gasteiger partial charge on any atom is -0.358 e. The van der Waals surface area contributed by atoms with Crippen LogP contribution in [-0.2, 0) is 6.42 Å². The molecule has 0 fully saturated rings. The lowest BCUT2D eigenvalue weighted by molar-refractivity contribution is 0.536. The van der Waals surface area contributed by atoms with Crippen LogP contribution in [0.1, 0.15) is 40.1 Å². The largest absolute Gasteiger partial charge is 0.358 e. The summed E-state index contributed by atoms with van der Waals surface area (Å²) in [6.45, 7) is 0.889. The van der Waals surface area contributed by atoms with Gasteiger partial charge in [0.25, 0.3) is 0 Å². The molecule has 0 amide bonds. The van der Waals surface area contributed by atoms with E-state index in [0.29, 0.717) is 11.3 Å². The number of rotatable bonds is 2. The highest BCUT2D eigenvalue weighted by atomic mass is 32.2. The van der Waals surface area contributed by atoms with E-state index in [1.807, 2.05) is 23.1 Å². The number of aryl methyl sites for hydroxylation is 1. The van der Waals surface area contributed by atoms with Crippen LogP contribution in [0.15, 0.2) is 46.8 Å². The quantitative estimate of drug-likeness (QED) is 0.879. The number of amidine groups is 1. The molecule has 2 aromatic rings. The van der Waals surface area contributed by atoms with E-state index in [4.69, 9.17) is 4.99 Å². The summed E-state index contributed by atoms with van der Waals surface area (Å²) in [4.78, 5) is 6.27. The van der Waals surface area contributed by atoms with Crippen LogP contribution in [0, 0.1) is 0 Å². The van der Waals surface area contributed by atoms with Gasteiger partial charge in [0.2, 0.25) is 0 Å². The van der Waals surface area contributed by atoms with Crippen LogP contribution in [0.5, 0.6) is 0 Å². The van der Waals surface area contributed by atoms with Crippen LogP contribution in [0.3, 0.4) is 0 Å². The first-order valence-corrected chi connectivity index (χ1v) is 9.25. The maximum absolute atomic E-state index is 4.72. The van der Waals surface area contributed by atoms with Gasteiger partial charge in [0.05, 0.1) is 17.8 Å². The van der Waals surface area contributed by atoms with Crippen LogP contribution in [0.4, 0.5) is 0 Å². The number of aliphatic imine (C=N–C) groups is 1. The Balaban J connectivity index is 1.44. The second-order valence-electron chi connectivity index (χ2n) is 5.55. The molecule has 0 saturated carbocycles. The normalized spacial score (nSPS) is 24.5. The molecule has 1 aromatic carbocycles. The van der Waals surface area contributed by atoms with E-state index in [0.717, 1.165) is 11.7 Å². The van der Waals surface area contributed by atoms with E-state index in [1.165, 1.54) is 30.4 Å². The summed E-state index contributed by atoms with van der Waals surface area (Å²) in [5.74, 6) is 0. The van der Waals surface area contributed by atoms with Crippen LogP contribution in [-0.4, -0.2) is 11.7 Å². The first kappa shape index (κ1) is 13.4. The van der Waals surface area contributed by atoms with Crippen molar-refractivity contribution in [2.45, 2.75) is 30.6 Å². The highest BCUT2D eigenvalue weighted by Crippen LogP contribution is 2.37. The van der Waals surface area contributed by atoms with Gasteiger partial charge >= 0.3 is 0 Å². The second-order valence-corrected chi connectivity index (χ2v) is 7.74. The summed E-state index contributed by atoms with van der Waals surface area (Å²) in [7, 11) is 0. The number of nitrogens with zero attached hydrogens (tertiary/aromatic N) is 1. The van der Waals surface area contributed by atoms with Crippen LogP contribution in [0.2, 0.25) is 0 Å². The van der Waals surface area contributed by atoms with E-state index in [-0.39, 0.29) is 0 Å². The summed E-state index contributed by atoms with van der Waals surface area (Å²) in [5, 5.41) is 7.49. The standard InChI is InChI=1S/C17H18N2S2/c1-2-5-12(6-3-1)16-11-18-17(21-16)19-14-7-4-8-15-13(14)9-10-20-15/h1-3,5-6,9-10,14,16H,4,7-8,11H2,(H,18,19). The van der Waals surface area contributed by atoms with Gasteiger partial charge < -0.3 is 5.32 Å². The molecule has 1 N–H and O–H groups in total. The Bertz CT molecular complexity index is 648. The molecule has 0 bridgehead atoms. The fourth-order valence-corrected chi connectivity index (χ4v) is 5.14. The van der Waals surface area contributed by atoms with Crippen LogP contribution >= 0.6 is 23.1 Å². The summed E-state index contributed by atoms with van der Waals surface area (Å²) in [6.07, 6.45) is 3.75. The number of fused-ring (bicyclic) bond motifs is 1. The molecule has 108 valence electrons. The first-order valence-electron chi connectivity index (χ1n) is 7.49. The Labute approximate surface area is 133 Å². The van der Waals surface area contributed by atoms with E-state index in [9.17, 15) is 0 Å². The number of hydrogen-bond acceptors (Lipinski definition) is 4. The second kappa shape index (κ2) is 5.85. The summed E-state index contributed by atoms with van der Waals surface area (Å²) >= 11 is 3.77. The van der Waals surface area contributed by atoms with E-state index in [1.54, 1.807) is 4.88 Å². The van der Waals surface area contributed by atoms with Gasteiger partial charge in [0.15, 0.2) is 5.17 Å². The molecule has 2 aliphatic rings. The Morgan fingerprint density at radius 3 is 2.95 bits per heavy atom. The Morgan fingerprint density at radius 1 is 1.14 bits per heavy atom. The molecule has 1 aliphatic heterocycles. The lowest BCUT2D eigenvalue weighted by Gasteiger charge is -2.24. The predicted molar refractivity (Wildman–Crippen MR) is 92.2 cm³/mol. The van der Waals surface area contributed by atoms with Gasteiger partial charge in [-0.25, -0.2) is 0 Å². The van der Waals surface area contributed by atoms with Gasteiger partial charge in [0, 0.05) is 4.88 Å². The maximum Gasteiger partial charge on any atom is 0.157 e. The zero-order valence-corrected chi connectivity index (χ0v) is 13.4. The van der Waals surface area contributed by atoms with Crippen molar-refractivity contribution >= 4 is 28.3 Å². The molecule has 0 spiro atoms. The number of thiophene rings is 1. The SMILES string of the molecule is c1ccc(C2CN=C(NC3CCCc4sccc43)S2)cc1. The van der Waals surface area contributed by atoms with Crippen molar-refractivity contribution in [3.8, 4) is 0 Å². The fraction of sp³-hybridized carbons (Fsp3) is 0.353. The van der Waals surface area contributed by atoms with Crippen molar-refractivity contribution in [3.05, 3.63) is 57.8 Å². The molecule has 1 aliphatic carbocycles. The Kier molecular flexibility index (Phi) is 3.74. The lowest BCUT2D eigenvalue weighted by atomic mass is 9.94. The van der Waals surface area contributed by atoms with Gasteiger partial charge in [0.1, 0.15) is 0 Å². The molecule has 0 radical (unpaired) electrons. The van der Waals surface area contributed by atoms with Crippen molar-refractivity contribution in [2.24, 2.45) is 4.99 Å². The number of benzene rings is 1. The Morgan fingerprint density at radius 2 is 2.05 bits per heavy atom. The summed E-state index contributed by atoms with van der Waals surface area (Å²) in [6, 6.07) is 13.4. The molecule has 21 heavy (non-hydrogen) atoms. The molecule has 4 rings (SSSR count). The maximum atomic E-state index is 4.72. The monoisotopic (exact) mass is 314 g/mol. The van der Waals surface area contributed by atoms with Gasteiger partial charge in [-0.3, -0.25) is 4.99 Å². The minimum absolute atomic E-state index is 0.459.